The Balaban J connectivity index is 2.23. The molecule has 1 aliphatic rings. The molecule has 2 N–H and O–H groups in total. The third-order valence-corrected chi connectivity index (χ3v) is 3.97. The van der Waals surface area contributed by atoms with Crippen molar-refractivity contribution in [1.82, 2.24) is 0 Å². The molecule has 0 unspecified atom stereocenters. The van der Waals surface area contributed by atoms with Crippen molar-refractivity contribution >= 4 is 11.6 Å². The van der Waals surface area contributed by atoms with E-state index >= 15 is 0 Å². The first kappa shape index (κ1) is 15.1. The quantitative estimate of drug-likeness (QED) is 0.837. The predicted molar refractivity (Wildman–Crippen MR) is 80.2 cm³/mol. The summed E-state index contributed by atoms with van der Waals surface area (Å²) in [6.45, 7) is 0. The van der Waals surface area contributed by atoms with E-state index in [1.807, 2.05) is 0 Å². The molecule has 118 valence electrons. The Kier molecular flexibility index (Phi) is 3.34. The highest BCUT2D eigenvalue weighted by Gasteiger charge is 2.53. The Bertz CT molecular complexity index is 764. The Hall–Kier alpha value is -2.86. The number of Topliss-reactive ketones (excluding diaryl/α,β-unsaturated/α-hetero) is 2. The van der Waals surface area contributed by atoms with Crippen molar-refractivity contribution in [1.29, 1.82) is 0 Å². The van der Waals surface area contributed by atoms with Crippen LogP contribution in [0.15, 0.2) is 36.4 Å². The van der Waals surface area contributed by atoms with Crippen LogP contribution in [0.25, 0.3) is 0 Å². The fourth-order valence-corrected chi connectivity index (χ4v) is 2.74. The number of phenolic OH excluding ortho intramolecular Hbond substituents is 1. The van der Waals surface area contributed by atoms with Crippen molar-refractivity contribution in [3.8, 4) is 17.2 Å². The molecule has 3 rings (SSSR count). The molecule has 0 aromatic heterocycles. The number of rotatable bonds is 3. The van der Waals surface area contributed by atoms with E-state index < -0.39 is 17.2 Å². The summed E-state index contributed by atoms with van der Waals surface area (Å²) in [7, 11) is 2.63. The summed E-state index contributed by atoms with van der Waals surface area (Å²) in [6, 6.07) is 8.71. The predicted octanol–water partition coefficient (Wildman–Crippen LogP) is 1.68. The smallest absolute Gasteiger partial charge is 0.216 e. The maximum Gasteiger partial charge on any atom is 0.216 e. The van der Waals surface area contributed by atoms with Crippen LogP contribution in [0.5, 0.6) is 17.2 Å². The number of hydrogen-bond donors (Lipinski definition) is 2. The zero-order valence-electron chi connectivity index (χ0n) is 12.5. The lowest BCUT2D eigenvalue weighted by Gasteiger charge is -2.21. The summed E-state index contributed by atoms with van der Waals surface area (Å²) < 4.78 is 10.0. The van der Waals surface area contributed by atoms with Gasteiger partial charge in [-0.25, -0.2) is 0 Å². The van der Waals surface area contributed by atoms with Crippen LogP contribution in [0.2, 0.25) is 0 Å². The van der Waals surface area contributed by atoms with Gasteiger partial charge in [-0.1, -0.05) is 24.3 Å². The van der Waals surface area contributed by atoms with Gasteiger partial charge in [0.15, 0.2) is 11.5 Å². The third-order valence-electron chi connectivity index (χ3n) is 3.97. The van der Waals surface area contributed by atoms with Crippen LogP contribution < -0.4 is 9.47 Å². The van der Waals surface area contributed by atoms with E-state index in [2.05, 4.69) is 0 Å². The van der Waals surface area contributed by atoms with Crippen molar-refractivity contribution < 1.29 is 29.3 Å². The number of phenols is 1. The third kappa shape index (κ3) is 1.92. The van der Waals surface area contributed by atoms with Crippen molar-refractivity contribution in [3.63, 3.8) is 0 Å². The number of carbonyl (C=O) groups is 2. The van der Waals surface area contributed by atoms with E-state index in [1.54, 1.807) is 12.1 Å². The SMILES string of the molecule is COc1cc(C2(O)C(=O)c3ccccc3C2=O)cc(OC)c1O. The molecule has 1 aliphatic carbocycles. The fraction of sp³-hybridized carbons (Fsp3) is 0.176. The van der Waals surface area contributed by atoms with Gasteiger partial charge in [-0.05, 0) is 12.1 Å². The Morgan fingerprint density at radius 2 is 1.35 bits per heavy atom. The first-order chi connectivity index (χ1) is 10.9. The number of fused-ring (bicyclic) bond motifs is 1. The molecule has 2 aromatic carbocycles. The summed E-state index contributed by atoms with van der Waals surface area (Å²) in [5, 5.41) is 20.8. The number of aliphatic hydroxyl groups is 1. The minimum atomic E-state index is -2.36. The van der Waals surface area contributed by atoms with Crippen molar-refractivity contribution in [2.45, 2.75) is 5.60 Å². The lowest BCUT2D eigenvalue weighted by molar-refractivity contribution is 0.0320. The zero-order chi connectivity index (χ0) is 16.8. The summed E-state index contributed by atoms with van der Waals surface area (Å²) >= 11 is 0. The highest BCUT2D eigenvalue weighted by molar-refractivity contribution is 6.31. The molecule has 6 nitrogen and oxygen atoms in total. The van der Waals surface area contributed by atoms with Gasteiger partial charge < -0.3 is 19.7 Å². The van der Waals surface area contributed by atoms with E-state index in [0.717, 1.165) is 0 Å². The number of carbonyl (C=O) groups excluding carboxylic acids is 2. The van der Waals surface area contributed by atoms with Gasteiger partial charge in [-0.15, -0.1) is 0 Å². The molecule has 23 heavy (non-hydrogen) atoms. The molecule has 0 amide bonds. The second kappa shape index (κ2) is 5.10. The van der Waals surface area contributed by atoms with Gasteiger partial charge in [-0.2, -0.15) is 0 Å². The van der Waals surface area contributed by atoms with E-state index in [0.29, 0.717) is 0 Å². The molecule has 0 radical (unpaired) electrons. The number of methoxy groups -OCH3 is 2. The highest BCUT2D eigenvalue weighted by atomic mass is 16.5. The van der Waals surface area contributed by atoms with Crippen LogP contribution >= 0.6 is 0 Å². The highest BCUT2D eigenvalue weighted by Crippen LogP contribution is 2.44. The normalized spacial score (nSPS) is 15.4. The van der Waals surface area contributed by atoms with E-state index in [4.69, 9.17) is 9.47 Å². The molecule has 0 bridgehead atoms. The average Bonchev–Trinajstić information content (AvgIpc) is 2.78. The Morgan fingerprint density at radius 3 is 1.74 bits per heavy atom. The van der Waals surface area contributed by atoms with Crippen molar-refractivity contribution in [2.75, 3.05) is 14.2 Å². The molecule has 0 saturated heterocycles. The van der Waals surface area contributed by atoms with Crippen LogP contribution in [0, 0.1) is 0 Å². The van der Waals surface area contributed by atoms with Crippen molar-refractivity contribution in [3.05, 3.63) is 53.1 Å². The fourth-order valence-electron chi connectivity index (χ4n) is 2.74. The number of hydrogen-bond acceptors (Lipinski definition) is 6. The lowest BCUT2D eigenvalue weighted by Crippen LogP contribution is -2.38. The van der Waals surface area contributed by atoms with Gasteiger partial charge in [0.25, 0.3) is 0 Å². The lowest BCUT2D eigenvalue weighted by atomic mass is 9.88. The first-order valence-electron chi connectivity index (χ1n) is 6.81. The molecule has 0 fully saturated rings. The molecular formula is C17H14O6. The maximum absolute atomic E-state index is 12.6. The maximum atomic E-state index is 12.6. The number of benzene rings is 2. The van der Waals surface area contributed by atoms with Crippen LogP contribution in [-0.2, 0) is 5.60 Å². The average molecular weight is 314 g/mol. The van der Waals surface area contributed by atoms with Gasteiger partial charge in [0, 0.05) is 16.7 Å². The van der Waals surface area contributed by atoms with E-state index in [9.17, 15) is 19.8 Å². The molecule has 0 heterocycles. The van der Waals surface area contributed by atoms with Crippen molar-refractivity contribution in [2.24, 2.45) is 0 Å². The summed E-state index contributed by atoms with van der Waals surface area (Å²) in [5.41, 5.74) is -2.06. The van der Waals surface area contributed by atoms with Crippen LogP contribution in [0.1, 0.15) is 26.3 Å². The molecular weight excluding hydrogens is 300 g/mol. The molecule has 0 spiro atoms. The minimum absolute atomic E-state index is 0.00988. The van der Waals surface area contributed by atoms with Crippen LogP contribution in [0.4, 0.5) is 0 Å². The van der Waals surface area contributed by atoms with Gasteiger partial charge in [0.2, 0.25) is 22.9 Å². The Labute approximate surface area is 131 Å². The van der Waals surface area contributed by atoms with Crippen LogP contribution in [-0.4, -0.2) is 36.0 Å². The van der Waals surface area contributed by atoms with Gasteiger partial charge in [-0.3, -0.25) is 9.59 Å². The largest absolute Gasteiger partial charge is 0.502 e. The van der Waals surface area contributed by atoms with Crippen LogP contribution in [0.3, 0.4) is 0 Å². The summed E-state index contributed by atoms with van der Waals surface area (Å²) in [5.74, 6) is -1.73. The zero-order valence-corrected chi connectivity index (χ0v) is 12.5. The minimum Gasteiger partial charge on any atom is -0.502 e. The molecule has 0 aliphatic heterocycles. The van der Waals surface area contributed by atoms with Gasteiger partial charge in [0.1, 0.15) is 0 Å². The van der Waals surface area contributed by atoms with E-state index in [-0.39, 0.29) is 33.9 Å². The molecule has 2 aromatic rings. The molecule has 0 atom stereocenters. The van der Waals surface area contributed by atoms with Gasteiger partial charge >= 0.3 is 0 Å². The Morgan fingerprint density at radius 1 is 0.913 bits per heavy atom. The number of ketones is 2. The molecule has 0 saturated carbocycles. The summed E-state index contributed by atoms with van der Waals surface area (Å²) in [6.07, 6.45) is 0. The second-order valence-electron chi connectivity index (χ2n) is 5.14. The number of ether oxygens (including phenoxy) is 2. The molecule has 6 heteroatoms. The second-order valence-corrected chi connectivity index (χ2v) is 5.14. The first-order valence-corrected chi connectivity index (χ1v) is 6.81. The monoisotopic (exact) mass is 314 g/mol. The van der Waals surface area contributed by atoms with Gasteiger partial charge in [0.05, 0.1) is 14.2 Å². The standard InChI is InChI=1S/C17H14O6/c1-22-12-7-9(8-13(23-2)14(12)18)17(21)15(19)10-5-3-4-6-11(10)16(17)20/h3-8,18,21H,1-2H3. The van der Waals surface area contributed by atoms with E-state index in [1.165, 1.54) is 38.5 Å². The number of aromatic hydroxyl groups is 1. The topological polar surface area (TPSA) is 93.1 Å². The summed E-state index contributed by atoms with van der Waals surface area (Å²) in [4.78, 5) is 25.2.